The third-order valence-electron chi connectivity index (χ3n) is 2.48. The number of hydrogen-bond donors (Lipinski definition) is 2. The average Bonchev–Trinajstić information content (AvgIpc) is 2.23. The number of sulfonamides is 2. The van der Waals surface area contributed by atoms with Crippen molar-refractivity contribution in [1.29, 1.82) is 0 Å². The van der Waals surface area contributed by atoms with Crippen LogP contribution in [0.2, 0.25) is 0 Å². The lowest BCUT2D eigenvalue weighted by Gasteiger charge is -2.10. The number of aryl methyl sites for hydroxylation is 1. The van der Waals surface area contributed by atoms with Gasteiger partial charge in [0.1, 0.15) is 9.84 Å². The predicted molar refractivity (Wildman–Crippen MR) is 79.7 cm³/mol. The van der Waals surface area contributed by atoms with E-state index in [1.807, 2.05) is 0 Å². The van der Waals surface area contributed by atoms with Crippen LogP contribution in [0, 0.1) is 6.92 Å². The lowest BCUT2D eigenvalue weighted by Crippen LogP contribution is -2.22. The minimum Gasteiger partial charge on any atom is -0.284 e. The smallest absolute Gasteiger partial charge is 0.238 e. The summed E-state index contributed by atoms with van der Waals surface area (Å²) in [5, 5.41) is 5.00. The van der Waals surface area contributed by atoms with Crippen LogP contribution in [0.4, 0.5) is 5.69 Å². The van der Waals surface area contributed by atoms with Gasteiger partial charge in [-0.1, -0.05) is 0 Å². The van der Waals surface area contributed by atoms with Crippen molar-refractivity contribution >= 4 is 35.6 Å². The Hall–Kier alpha value is -1.17. The van der Waals surface area contributed by atoms with E-state index in [0.29, 0.717) is 0 Å². The SMILES string of the molecule is Cc1cc(NS(=O)(=O)CCS(C)(=O)=O)ccc1S(N)(=O)=O. The quantitative estimate of drug-likeness (QED) is 0.699. The van der Waals surface area contributed by atoms with Gasteiger partial charge in [0, 0.05) is 11.9 Å². The molecule has 3 N–H and O–H groups in total. The van der Waals surface area contributed by atoms with E-state index in [4.69, 9.17) is 5.14 Å². The standard InChI is InChI=1S/C10H16N2O6S3/c1-8-7-9(3-4-10(8)21(11,17)18)12-20(15,16)6-5-19(2,13)14/h3-4,7,12H,5-6H2,1-2H3,(H2,11,17,18). The van der Waals surface area contributed by atoms with E-state index < -0.39 is 41.4 Å². The molecular formula is C10H16N2O6S3. The number of sulfone groups is 1. The highest BCUT2D eigenvalue weighted by Crippen LogP contribution is 2.19. The summed E-state index contributed by atoms with van der Waals surface area (Å²) in [6.45, 7) is 1.47. The van der Waals surface area contributed by atoms with Gasteiger partial charge in [-0.2, -0.15) is 0 Å². The summed E-state index contributed by atoms with van der Waals surface area (Å²) in [5.41, 5.74) is 0.411. The predicted octanol–water partition coefficient (Wildman–Crippen LogP) is -0.571. The molecule has 0 saturated heterocycles. The third kappa shape index (κ3) is 5.99. The van der Waals surface area contributed by atoms with E-state index in [2.05, 4.69) is 4.72 Å². The molecule has 0 aliphatic carbocycles. The summed E-state index contributed by atoms with van der Waals surface area (Å²) in [6, 6.07) is 3.72. The highest BCUT2D eigenvalue weighted by molar-refractivity contribution is 7.95. The average molecular weight is 356 g/mol. The van der Waals surface area contributed by atoms with Gasteiger partial charge in [-0.3, -0.25) is 4.72 Å². The first-order valence-electron chi connectivity index (χ1n) is 5.62. The van der Waals surface area contributed by atoms with Gasteiger partial charge in [0.05, 0.1) is 16.4 Å². The Morgan fingerprint density at radius 2 is 1.62 bits per heavy atom. The fourth-order valence-corrected chi connectivity index (χ4v) is 4.97. The summed E-state index contributed by atoms with van der Waals surface area (Å²) in [6.07, 6.45) is 0.938. The lowest BCUT2D eigenvalue weighted by molar-refractivity contribution is 0.593. The first kappa shape index (κ1) is 17.9. The molecule has 0 unspecified atom stereocenters. The summed E-state index contributed by atoms with van der Waals surface area (Å²) < 4.78 is 70.0. The van der Waals surface area contributed by atoms with E-state index in [9.17, 15) is 25.3 Å². The fraction of sp³-hybridized carbons (Fsp3) is 0.400. The highest BCUT2D eigenvalue weighted by Gasteiger charge is 2.16. The fourth-order valence-electron chi connectivity index (χ4n) is 1.52. The Bertz CT molecular complexity index is 841. The van der Waals surface area contributed by atoms with Crippen LogP contribution in [0.15, 0.2) is 23.1 Å². The number of anilines is 1. The second-order valence-corrected chi connectivity index (χ2v) is 10.2. The molecule has 0 fully saturated rings. The zero-order valence-corrected chi connectivity index (χ0v) is 13.8. The zero-order chi connectivity index (χ0) is 16.5. The molecule has 11 heteroatoms. The lowest BCUT2D eigenvalue weighted by atomic mass is 10.2. The van der Waals surface area contributed by atoms with Gasteiger partial charge in [-0.25, -0.2) is 30.4 Å². The van der Waals surface area contributed by atoms with Gasteiger partial charge < -0.3 is 0 Å². The first-order chi connectivity index (χ1) is 9.30. The molecular weight excluding hydrogens is 340 g/mol. The van der Waals surface area contributed by atoms with Crippen LogP contribution in [0.5, 0.6) is 0 Å². The van der Waals surface area contributed by atoms with Crippen LogP contribution >= 0.6 is 0 Å². The minimum atomic E-state index is -3.88. The number of nitrogens with one attached hydrogen (secondary N) is 1. The van der Waals surface area contributed by atoms with Crippen LogP contribution in [0.25, 0.3) is 0 Å². The van der Waals surface area contributed by atoms with E-state index in [1.165, 1.54) is 25.1 Å². The largest absolute Gasteiger partial charge is 0.284 e. The van der Waals surface area contributed by atoms with Gasteiger partial charge in [0.25, 0.3) is 0 Å². The van der Waals surface area contributed by atoms with Crippen molar-refractivity contribution < 1.29 is 25.3 Å². The normalized spacial score (nSPS) is 13.1. The molecule has 0 saturated carbocycles. The van der Waals surface area contributed by atoms with Gasteiger partial charge in [-0.15, -0.1) is 0 Å². The molecule has 0 radical (unpaired) electrons. The van der Waals surface area contributed by atoms with Crippen LogP contribution in [-0.4, -0.2) is 43.0 Å². The summed E-state index contributed by atoms with van der Waals surface area (Å²) >= 11 is 0. The summed E-state index contributed by atoms with van der Waals surface area (Å²) in [4.78, 5) is -0.110. The summed E-state index contributed by atoms with van der Waals surface area (Å²) in [7, 11) is -11.1. The maximum atomic E-state index is 11.7. The zero-order valence-electron chi connectivity index (χ0n) is 11.4. The molecule has 1 rings (SSSR count). The number of hydrogen-bond acceptors (Lipinski definition) is 6. The second kappa shape index (κ2) is 5.91. The van der Waals surface area contributed by atoms with Crippen molar-refractivity contribution in [2.75, 3.05) is 22.5 Å². The van der Waals surface area contributed by atoms with E-state index in [0.717, 1.165) is 6.26 Å². The van der Waals surface area contributed by atoms with Gasteiger partial charge in [-0.05, 0) is 30.7 Å². The molecule has 0 aliphatic heterocycles. The monoisotopic (exact) mass is 356 g/mol. The molecule has 1 aromatic rings. The molecule has 0 bridgehead atoms. The Kier molecular flexibility index (Phi) is 5.03. The molecule has 0 aliphatic rings. The van der Waals surface area contributed by atoms with Crippen molar-refractivity contribution in [2.24, 2.45) is 5.14 Å². The topological polar surface area (TPSA) is 140 Å². The van der Waals surface area contributed by atoms with Crippen molar-refractivity contribution in [3.8, 4) is 0 Å². The Labute approximate surface area is 124 Å². The maximum Gasteiger partial charge on any atom is 0.238 e. The molecule has 0 heterocycles. The van der Waals surface area contributed by atoms with Gasteiger partial charge in [0.15, 0.2) is 0 Å². The molecule has 120 valence electrons. The third-order valence-corrected chi connectivity index (χ3v) is 6.04. The van der Waals surface area contributed by atoms with Crippen molar-refractivity contribution in [1.82, 2.24) is 0 Å². The van der Waals surface area contributed by atoms with Gasteiger partial charge >= 0.3 is 0 Å². The molecule has 0 spiro atoms. The molecule has 1 aromatic carbocycles. The van der Waals surface area contributed by atoms with Crippen molar-refractivity contribution in [3.63, 3.8) is 0 Å². The van der Waals surface area contributed by atoms with E-state index in [1.54, 1.807) is 0 Å². The van der Waals surface area contributed by atoms with Crippen molar-refractivity contribution in [2.45, 2.75) is 11.8 Å². The number of primary sulfonamides is 1. The van der Waals surface area contributed by atoms with Crippen LogP contribution in [-0.2, 0) is 29.9 Å². The Morgan fingerprint density at radius 1 is 1.05 bits per heavy atom. The maximum absolute atomic E-state index is 11.7. The first-order valence-corrected chi connectivity index (χ1v) is 10.9. The van der Waals surface area contributed by atoms with E-state index in [-0.39, 0.29) is 16.1 Å². The highest BCUT2D eigenvalue weighted by atomic mass is 32.2. The number of nitrogens with two attached hydrogens (primary N) is 1. The van der Waals surface area contributed by atoms with Crippen LogP contribution in [0.1, 0.15) is 5.56 Å². The Balaban J connectivity index is 2.97. The number of benzene rings is 1. The second-order valence-electron chi connectivity index (χ2n) is 4.58. The van der Waals surface area contributed by atoms with Crippen molar-refractivity contribution in [3.05, 3.63) is 23.8 Å². The van der Waals surface area contributed by atoms with E-state index >= 15 is 0 Å². The Morgan fingerprint density at radius 3 is 2.05 bits per heavy atom. The minimum absolute atomic E-state index is 0.110. The van der Waals surface area contributed by atoms with Crippen LogP contribution in [0.3, 0.4) is 0 Å². The molecule has 21 heavy (non-hydrogen) atoms. The molecule has 0 aromatic heterocycles. The molecule has 0 atom stereocenters. The number of rotatable bonds is 6. The van der Waals surface area contributed by atoms with Crippen LogP contribution < -0.4 is 9.86 Å². The van der Waals surface area contributed by atoms with Gasteiger partial charge in [0.2, 0.25) is 20.0 Å². The molecule has 8 nitrogen and oxygen atoms in total. The molecule has 0 amide bonds. The summed E-state index contributed by atoms with van der Waals surface area (Å²) in [5.74, 6) is -1.08.